The van der Waals surface area contributed by atoms with E-state index in [1.807, 2.05) is 6.92 Å². The molecule has 0 bridgehead atoms. The molecule has 88 valence electrons. The molecule has 2 nitrogen and oxygen atoms in total. The largest absolute Gasteiger partial charge is 0.374 e. The number of aryl methyl sites for hydroxylation is 1. The van der Waals surface area contributed by atoms with Gasteiger partial charge in [-0.15, -0.1) is 0 Å². The number of methoxy groups -OCH3 is 1. The molecular formula is C13H17FO2. The zero-order valence-corrected chi connectivity index (χ0v) is 9.92. The van der Waals surface area contributed by atoms with E-state index in [9.17, 15) is 9.18 Å². The fourth-order valence-electron chi connectivity index (χ4n) is 1.68. The maximum absolute atomic E-state index is 12.9. The van der Waals surface area contributed by atoms with Crippen LogP contribution in [0.5, 0.6) is 0 Å². The zero-order valence-electron chi connectivity index (χ0n) is 9.92. The van der Waals surface area contributed by atoms with Crippen LogP contribution in [0.4, 0.5) is 4.39 Å². The van der Waals surface area contributed by atoms with Gasteiger partial charge in [0.2, 0.25) is 0 Å². The predicted octanol–water partition coefficient (Wildman–Crippen LogP) is 2.67. The van der Waals surface area contributed by atoms with Crippen molar-refractivity contribution in [2.24, 2.45) is 0 Å². The summed E-state index contributed by atoms with van der Waals surface area (Å²) >= 11 is 0. The molecule has 0 fully saturated rings. The molecule has 0 N–H and O–H groups in total. The number of hydrogen-bond donors (Lipinski definition) is 0. The zero-order chi connectivity index (χ0) is 12.1. The molecule has 0 saturated heterocycles. The summed E-state index contributed by atoms with van der Waals surface area (Å²) in [4.78, 5) is 11.8. The first-order valence-electron chi connectivity index (χ1n) is 5.39. The van der Waals surface area contributed by atoms with Gasteiger partial charge in [-0.3, -0.25) is 4.79 Å². The number of ether oxygens (including phenoxy) is 1. The van der Waals surface area contributed by atoms with E-state index < -0.39 is 0 Å². The molecule has 3 heteroatoms. The van der Waals surface area contributed by atoms with Crippen molar-refractivity contribution in [2.45, 2.75) is 32.8 Å². The fraction of sp³-hybridized carbons (Fsp3) is 0.462. The highest BCUT2D eigenvalue weighted by Crippen LogP contribution is 2.13. The first-order chi connectivity index (χ1) is 7.58. The summed E-state index contributed by atoms with van der Waals surface area (Å²) in [5.41, 5.74) is 1.67. The first kappa shape index (κ1) is 12.8. The summed E-state index contributed by atoms with van der Waals surface area (Å²) in [6.07, 6.45) is 0.609. The Morgan fingerprint density at radius 2 is 2.19 bits per heavy atom. The Bertz CT molecular complexity index is 370. The third-order valence-corrected chi connectivity index (χ3v) is 2.68. The fourth-order valence-corrected chi connectivity index (χ4v) is 1.68. The van der Waals surface area contributed by atoms with Crippen molar-refractivity contribution in [2.75, 3.05) is 7.11 Å². The van der Waals surface area contributed by atoms with E-state index in [1.54, 1.807) is 13.0 Å². The lowest BCUT2D eigenvalue weighted by atomic mass is 10.00. The Morgan fingerprint density at radius 1 is 1.50 bits per heavy atom. The molecule has 1 unspecified atom stereocenters. The summed E-state index contributed by atoms with van der Waals surface area (Å²) in [5, 5.41) is 0. The van der Waals surface area contributed by atoms with Gasteiger partial charge in [0, 0.05) is 13.5 Å². The average molecular weight is 224 g/mol. The van der Waals surface area contributed by atoms with Crippen LogP contribution in [-0.4, -0.2) is 19.0 Å². The van der Waals surface area contributed by atoms with E-state index in [0.29, 0.717) is 12.8 Å². The van der Waals surface area contributed by atoms with Crippen molar-refractivity contribution in [3.8, 4) is 0 Å². The molecule has 1 rings (SSSR count). The van der Waals surface area contributed by atoms with E-state index in [-0.39, 0.29) is 17.7 Å². The van der Waals surface area contributed by atoms with Crippen LogP contribution in [0, 0.1) is 12.7 Å². The Labute approximate surface area is 95.4 Å². The lowest BCUT2D eigenvalue weighted by Gasteiger charge is -2.12. The van der Waals surface area contributed by atoms with Gasteiger partial charge in [0.1, 0.15) is 11.9 Å². The van der Waals surface area contributed by atoms with Crippen molar-refractivity contribution in [1.29, 1.82) is 0 Å². The van der Waals surface area contributed by atoms with Crippen LogP contribution in [0.3, 0.4) is 0 Å². The molecule has 0 amide bonds. The number of benzene rings is 1. The minimum atomic E-state index is -0.357. The van der Waals surface area contributed by atoms with Gasteiger partial charge in [-0.2, -0.15) is 0 Å². The van der Waals surface area contributed by atoms with Gasteiger partial charge < -0.3 is 4.74 Å². The first-order valence-corrected chi connectivity index (χ1v) is 5.39. The lowest BCUT2D eigenvalue weighted by Crippen LogP contribution is -2.24. The number of hydrogen-bond acceptors (Lipinski definition) is 2. The van der Waals surface area contributed by atoms with Crippen LogP contribution in [0.1, 0.15) is 24.5 Å². The van der Waals surface area contributed by atoms with Gasteiger partial charge in [0.25, 0.3) is 0 Å². The van der Waals surface area contributed by atoms with Crippen molar-refractivity contribution < 1.29 is 13.9 Å². The second kappa shape index (κ2) is 5.75. The number of halogens is 1. The van der Waals surface area contributed by atoms with Crippen LogP contribution >= 0.6 is 0 Å². The third kappa shape index (κ3) is 3.14. The van der Waals surface area contributed by atoms with Gasteiger partial charge >= 0.3 is 0 Å². The summed E-state index contributed by atoms with van der Waals surface area (Å²) < 4.78 is 17.9. The number of ketones is 1. The lowest BCUT2D eigenvalue weighted by molar-refractivity contribution is -0.128. The van der Waals surface area contributed by atoms with E-state index in [1.165, 1.54) is 19.2 Å². The number of carbonyl (C=O) groups is 1. The Hall–Kier alpha value is -1.22. The van der Waals surface area contributed by atoms with Crippen molar-refractivity contribution in [3.63, 3.8) is 0 Å². The predicted molar refractivity (Wildman–Crippen MR) is 60.9 cm³/mol. The molecule has 0 aliphatic rings. The molecule has 0 heterocycles. The van der Waals surface area contributed by atoms with Crippen LogP contribution in [-0.2, 0) is 16.0 Å². The van der Waals surface area contributed by atoms with E-state index >= 15 is 0 Å². The topological polar surface area (TPSA) is 26.3 Å². The second-order valence-corrected chi connectivity index (χ2v) is 3.85. The Morgan fingerprint density at radius 3 is 2.69 bits per heavy atom. The van der Waals surface area contributed by atoms with E-state index in [2.05, 4.69) is 0 Å². The van der Waals surface area contributed by atoms with Gasteiger partial charge in [-0.1, -0.05) is 13.0 Å². The molecule has 0 saturated carbocycles. The average Bonchev–Trinajstić information content (AvgIpc) is 2.24. The summed E-state index contributed by atoms with van der Waals surface area (Å²) in [6.45, 7) is 3.71. The highest BCUT2D eigenvalue weighted by Gasteiger charge is 2.16. The van der Waals surface area contributed by atoms with Gasteiger partial charge in [0.05, 0.1) is 0 Å². The smallest absolute Gasteiger partial charge is 0.165 e. The SMILES string of the molecule is CCC(OC)C(=O)Cc1ccc(F)cc1C. The van der Waals surface area contributed by atoms with Crippen molar-refractivity contribution in [3.05, 3.63) is 35.1 Å². The quantitative estimate of drug-likeness (QED) is 0.768. The molecule has 0 aliphatic heterocycles. The van der Waals surface area contributed by atoms with Crippen LogP contribution < -0.4 is 0 Å². The molecule has 0 aromatic heterocycles. The molecule has 1 atom stereocenters. The molecule has 0 spiro atoms. The number of Topliss-reactive ketones (excluding diaryl/α,β-unsaturated/α-hetero) is 1. The minimum absolute atomic E-state index is 0.0414. The van der Waals surface area contributed by atoms with Gasteiger partial charge in [0.15, 0.2) is 5.78 Å². The van der Waals surface area contributed by atoms with Gasteiger partial charge in [-0.25, -0.2) is 4.39 Å². The molecule has 1 aromatic carbocycles. The summed E-state index contributed by atoms with van der Waals surface area (Å²) in [6, 6.07) is 4.48. The van der Waals surface area contributed by atoms with Crippen molar-refractivity contribution >= 4 is 5.78 Å². The maximum Gasteiger partial charge on any atom is 0.165 e. The summed E-state index contributed by atoms with van der Waals surface area (Å²) in [5.74, 6) is -0.229. The third-order valence-electron chi connectivity index (χ3n) is 2.68. The molecular weight excluding hydrogens is 207 g/mol. The van der Waals surface area contributed by atoms with Crippen LogP contribution in [0.2, 0.25) is 0 Å². The Balaban J connectivity index is 2.76. The molecule has 1 aromatic rings. The normalized spacial score (nSPS) is 12.5. The number of carbonyl (C=O) groups excluding carboxylic acids is 1. The second-order valence-electron chi connectivity index (χ2n) is 3.85. The maximum atomic E-state index is 12.9. The van der Waals surface area contributed by atoms with Gasteiger partial charge in [-0.05, 0) is 36.6 Å². The van der Waals surface area contributed by atoms with Crippen molar-refractivity contribution in [1.82, 2.24) is 0 Å². The highest BCUT2D eigenvalue weighted by molar-refractivity contribution is 5.85. The monoisotopic (exact) mass is 224 g/mol. The standard InChI is InChI=1S/C13H17FO2/c1-4-13(16-3)12(15)8-10-5-6-11(14)7-9(10)2/h5-7,13H,4,8H2,1-3H3. The highest BCUT2D eigenvalue weighted by atomic mass is 19.1. The van der Waals surface area contributed by atoms with E-state index in [4.69, 9.17) is 4.74 Å². The van der Waals surface area contributed by atoms with Crippen LogP contribution in [0.15, 0.2) is 18.2 Å². The minimum Gasteiger partial charge on any atom is -0.374 e. The molecule has 16 heavy (non-hydrogen) atoms. The number of rotatable bonds is 5. The molecule has 0 aliphatic carbocycles. The molecule has 0 radical (unpaired) electrons. The van der Waals surface area contributed by atoms with E-state index in [0.717, 1.165) is 11.1 Å². The Kier molecular flexibility index (Phi) is 4.62. The summed E-state index contributed by atoms with van der Waals surface area (Å²) in [7, 11) is 1.53. The van der Waals surface area contributed by atoms with Crippen LogP contribution in [0.25, 0.3) is 0 Å².